The van der Waals surface area contributed by atoms with E-state index in [4.69, 9.17) is 14.2 Å². The monoisotopic (exact) mass is 376 g/mol. The van der Waals surface area contributed by atoms with Crippen molar-refractivity contribution in [1.82, 2.24) is 15.1 Å². The summed E-state index contributed by atoms with van der Waals surface area (Å²) in [6.45, 7) is 5.98. The summed E-state index contributed by atoms with van der Waals surface area (Å²) in [6.07, 6.45) is 0. The lowest BCUT2D eigenvalue weighted by molar-refractivity contribution is -0.121. The number of anilines is 1. The first-order chi connectivity index (χ1) is 13.2. The van der Waals surface area contributed by atoms with Crippen LogP contribution < -0.4 is 19.7 Å². The Morgan fingerprint density at radius 2 is 1.89 bits per heavy atom. The second kappa shape index (κ2) is 8.01. The van der Waals surface area contributed by atoms with E-state index in [0.717, 1.165) is 38.5 Å². The molecule has 1 aromatic carbocycles. The highest BCUT2D eigenvalue weighted by Crippen LogP contribution is 2.36. The molecule has 0 spiro atoms. The van der Waals surface area contributed by atoms with Gasteiger partial charge in [-0.15, -0.1) is 0 Å². The van der Waals surface area contributed by atoms with Crippen LogP contribution in [0.4, 0.5) is 10.5 Å². The summed E-state index contributed by atoms with van der Waals surface area (Å²) in [5.41, 5.74) is 0.750. The number of amides is 3. The number of hydrogen-bond acceptors (Lipinski definition) is 6. The maximum atomic E-state index is 12.6. The standard InChI is InChI=1S/C18H24N4O5/c23-17(19-3-4-20-7-9-25-10-8-20)12-21-5-6-22(18(21)24)14-1-2-15-16(11-14)27-13-26-15/h1-2,11H,3-10,12-13H2,(H,19,23). The molecule has 9 heteroatoms. The fraction of sp³-hybridized carbons (Fsp3) is 0.556. The number of nitrogens with zero attached hydrogens (tertiary/aromatic N) is 3. The molecule has 9 nitrogen and oxygen atoms in total. The molecule has 3 aliphatic rings. The summed E-state index contributed by atoms with van der Waals surface area (Å²) >= 11 is 0. The van der Waals surface area contributed by atoms with E-state index in [1.807, 2.05) is 6.07 Å². The lowest BCUT2D eigenvalue weighted by atomic mass is 10.2. The minimum atomic E-state index is -0.169. The molecule has 27 heavy (non-hydrogen) atoms. The highest BCUT2D eigenvalue weighted by molar-refractivity contribution is 5.96. The van der Waals surface area contributed by atoms with Crippen LogP contribution in [0.5, 0.6) is 11.5 Å². The molecule has 0 unspecified atom stereocenters. The summed E-state index contributed by atoms with van der Waals surface area (Å²) in [6, 6.07) is 5.26. The third kappa shape index (κ3) is 4.09. The van der Waals surface area contributed by atoms with Crippen molar-refractivity contribution in [3.05, 3.63) is 18.2 Å². The Hall–Kier alpha value is -2.52. The number of fused-ring (bicyclic) bond motifs is 1. The van der Waals surface area contributed by atoms with Gasteiger partial charge in [-0.1, -0.05) is 0 Å². The molecule has 1 N–H and O–H groups in total. The van der Waals surface area contributed by atoms with Crippen molar-refractivity contribution in [1.29, 1.82) is 0 Å². The van der Waals surface area contributed by atoms with E-state index in [-0.39, 0.29) is 25.3 Å². The lowest BCUT2D eigenvalue weighted by Crippen LogP contribution is -2.44. The SMILES string of the molecule is O=C(CN1CCN(c2ccc3c(c2)OCO3)C1=O)NCCN1CCOCC1. The molecule has 3 aliphatic heterocycles. The first-order valence-corrected chi connectivity index (χ1v) is 9.23. The van der Waals surface area contributed by atoms with Crippen LogP contribution in [-0.2, 0) is 9.53 Å². The van der Waals surface area contributed by atoms with Gasteiger partial charge in [0, 0.05) is 51.0 Å². The van der Waals surface area contributed by atoms with Gasteiger partial charge in [0.05, 0.1) is 13.2 Å². The summed E-state index contributed by atoms with van der Waals surface area (Å²) in [5.74, 6) is 1.19. The maximum Gasteiger partial charge on any atom is 0.325 e. The van der Waals surface area contributed by atoms with Crippen molar-refractivity contribution in [2.45, 2.75) is 0 Å². The normalized spacial score (nSPS) is 19.6. The topological polar surface area (TPSA) is 83.6 Å². The van der Waals surface area contributed by atoms with Crippen molar-refractivity contribution < 1.29 is 23.8 Å². The van der Waals surface area contributed by atoms with Crippen molar-refractivity contribution >= 4 is 17.6 Å². The Morgan fingerprint density at radius 1 is 1.07 bits per heavy atom. The molecule has 3 heterocycles. The Labute approximate surface area is 157 Å². The van der Waals surface area contributed by atoms with Gasteiger partial charge in [0.2, 0.25) is 12.7 Å². The molecule has 0 aliphatic carbocycles. The molecular formula is C18H24N4O5. The van der Waals surface area contributed by atoms with Gasteiger partial charge in [-0.25, -0.2) is 4.79 Å². The number of morpholine rings is 1. The van der Waals surface area contributed by atoms with Crippen LogP contribution in [0.15, 0.2) is 18.2 Å². The Bertz CT molecular complexity index is 707. The average molecular weight is 376 g/mol. The molecule has 0 atom stereocenters. The van der Waals surface area contributed by atoms with E-state index in [1.165, 1.54) is 0 Å². The van der Waals surface area contributed by atoms with Gasteiger partial charge in [-0.2, -0.15) is 0 Å². The van der Waals surface area contributed by atoms with E-state index in [9.17, 15) is 9.59 Å². The average Bonchev–Trinajstić information content (AvgIpc) is 3.29. The number of urea groups is 1. The summed E-state index contributed by atoms with van der Waals surface area (Å²) < 4.78 is 16.0. The lowest BCUT2D eigenvalue weighted by Gasteiger charge is -2.26. The first-order valence-electron chi connectivity index (χ1n) is 9.23. The smallest absolute Gasteiger partial charge is 0.325 e. The van der Waals surface area contributed by atoms with Crippen LogP contribution in [0, 0.1) is 0 Å². The van der Waals surface area contributed by atoms with E-state index in [1.54, 1.807) is 21.9 Å². The van der Waals surface area contributed by atoms with E-state index in [0.29, 0.717) is 31.1 Å². The van der Waals surface area contributed by atoms with Crippen LogP contribution in [0.2, 0.25) is 0 Å². The van der Waals surface area contributed by atoms with Crippen molar-refractivity contribution in [3.8, 4) is 11.5 Å². The van der Waals surface area contributed by atoms with Crippen LogP contribution in [-0.4, -0.2) is 87.6 Å². The molecule has 0 radical (unpaired) electrons. The van der Waals surface area contributed by atoms with Gasteiger partial charge in [-0.3, -0.25) is 14.6 Å². The number of hydrogen-bond donors (Lipinski definition) is 1. The second-order valence-electron chi connectivity index (χ2n) is 6.70. The Balaban J connectivity index is 1.25. The molecule has 0 aromatic heterocycles. The number of carbonyl (C=O) groups is 2. The predicted molar refractivity (Wildman–Crippen MR) is 97.1 cm³/mol. The fourth-order valence-electron chi connectivity index (χ4n) is 3.43. The fourth-order valence-corrected chi connectivity index (χ4v) is 3.43. The molecule has 0 bridgehead atoms. The number of rotatable bonds is 6. The molecule has 2 saturated heterocycles. The van der Waals surface area contributed by atoms with Gasteiger partial charge in [0.15, 0.2) is 11.5 Å². The quantitative estimate of drug-likeness (QED) is 0.759. The molecule has 146 valence electrons. The van der Waals surface area contributed by atoms with Gasteiger partial charge in [0.25, 0.3) is 0 Å². The molecule has 2 fully saturated rings. The van der Waals surface area contributed by atoms with Crippen molar-refractivity contribution in [2.24, 2.45) is 0 Å². The van der Waals surface area contributed by atoms with Gasteiger partial charge >= 0.3 is 6.03 Å². The van der Waals surface area contributed by atoms with Crippen molar-refractivity contribution in [3.63, 3.8) is 0 Å². The van der Waals surface area contributed by atoms with E-state index < -0.39 is 0 Å². The highest BCUT2D eigenvalue weighted by Gasteiger charge is 2.31. The minimum Gasteiger partial charge on any atom is -0.454 e. The molecular weight excluding hydrogens is 352 g/mol. The Kier molecular flexibility index (Phi) is 5.30. The second-order valence-corrected chi connectivity index (χ2v) is 6.70. The van der Waals surface area contributed by atoms with Crippen LogP contribution >= 0.6 is 0 Å². The van der Waals surface area contributed by atoms with E-state index >= 15 is 0 Å². The van der Waals surface area contributed by atoms with Gasteiger partial charge < -0.3 is 24.4 Å². The molecule has 0 saturated carbocycles. The number of nitrogens with one attached hydrogen (secondary N) is 1. The zero-order chi connectivity index (χ0) is 18.6. The maximum absolute atomic E-state index is 12.6. The third-order valence-electron chi connectivity index (χ3n) is 4.95. The third-order valence-corrected chi connectivity index (χ3v) is 4.95. The summed E-state index contributed by atoms with van der Waals surface area (Å²) in [4.78, 5) is 30.3. The van der Waals surface area contributed by atoms with Gasteiger partial charge in [0.1, 0.15) is 6.54 Å². The molecule has 3 amide bonds. The van der Waals surface area contributed by atoms with Crippen LogP contribution in [0.3, 0.4) is 0 Å². The summed E-state index contributed by atoms with van der Waals surface area (Å²) in [7, 11) is 0. The first kappa shape index (κ1) is 17.9. The molecule has 1 aromatic rings. The number of benzene rings is 1. The van der Waals surface area contributed by atoms with Crippen LogP contribution in [0.25, 0.3) is 0 Å². The van der Waals surface area contributed by atoms with Gasteiger partial charge in [-0.05, 0) is 12.1 Å². The zero-order valence-corrected chi connectivity index (χ0v) is 15.2. The largest absolute Gasteiger partial charge is 0.454 e. The highest BCUT2D eigenvalue weighted by atomic mass is 16.7. The summed E-state index contributed by atoms with van der Waals surface area (Å²) in [5, 5.41) is 2.90. The minimum absolute atomic E-state index is 0.0724. The van der Waals surface area contributed by atoms with E-state index in [2.05, 4.69) is 10.2 Å². The number of ether oxygens (including phenoxy) is 3. The number of carbonyl (C=O) groups excluding carboxylic acids is 2. The zero-order valence-electron chi connectivity index (χ0n) is 15.2. The Morgan fingerprint density at radius 3 is 2.74 bits per heavy atom. The van der Waals surface area contributed by atoms with Crippen molar-refractivity contribution in [2.75, 3.05) is 70.7 Å². The molecule has 4 rings (SSSR count). The predicted octanol–water partition coefficient (Wildman–Crippen LogP) is 0.106. The van der Waals surface area contributed by atoms with Crippen LogP contribution in [0.1, 0.15) is 0 Å².